The summed E-state index contributed by atoms with van der Waals surface area (Å²) >= 11 is 0. The average Bonchev–Trinajstić information content (AvgIpc) is 2.26. The van der Waals surface area contributed by atoms with Gasteiger partial charge in [-0.1, -0.05) is 6.42 Å². The van der Waals surface area contributed by atoms with Crippen molar-refractivity contribution in [3.8, 4) is 0 Å². The normalized spacial score (nSPS) is 34.1. The molecule has 2 rings (SSSR count). The summed E-state index contributed by atoms with van der Waals surface area (Å²) in [7, 11) is 2.07. The number of hydrogen-bond acceptors (Lipinski definition) is 2. The Morgan fingerprint density at radius 3 is 2.86 bits per heavy atom. The van der Waals surface area contributed by atoms with Crippen LogP contribution in [0.4, 0.5) is 0 Å². The van der Waals surface area contributed by atoms with E-state index in [0.717, 1.165) is 12.0 Å². The predicted molar refractivity (Wildman–Crippen MR) is 60.5 cm³/mol. The van der Waals surface area contributed by atoms with Gasteiger partial charge in [-0.2, -0.15) is 0 Å². The molecule has 0 bridgehead atoms. The highest BCUT2D eigenvalue weighted by molar-refractivity contribution is 4.87. The molecule has 0 aromatic carbocycles. The van der Waals surface area contributed by atoms with Crippen LogP contribution in [0.3, 0.4) is 0 Å². The fraction of sp³-hybridized carbons (Fsp3) is 1.00. The van der Waals surface area contributed by atoms with E-state index in [-0.39, 0.29) is 0 Å². The maximum Gasteiger partial charge on any atom is 0.0124 e. The molecule has 0 radical (unpaired) electrons. The monoisotopic (exact) mass is 196 g/mol. The van der Waals surface area contributed by atoms with Gasteiger partial charge < -0.3 is 10.2 Å². The Hall–Kier alpha value is -0.0800. The van der Waals surface area contributed by atoms with E-state index in [9.17, 15) is 0 Å². The number of nitrogens with one attached hydrogen (secondary N) is 1. The molecule has 2 unspecified atom stereocenters. The van der Waals surface area contributed by atoms with Gasteiger partial charge in [0.25, 0.3) is 0 Å². The van der Waals surface area contributed by atoms with Gasteiger partial charge in [0.15, 0.2) is 0 Å². The van der Waals surface area contributed by atoms with Gasteiger partial charge in [0.1, 0.15) is 0 Å². The van der Waals surface area contributed by atoms with E-state index in [0.29, 0.717) is 0 Å². The number of fused-ring (bicyclic) bond motifs is 1. The zero-order chi connectivity index (χ0) is 9.80. The molecule has 2 atom stereocenters. The summed E-state index contributed by atoms with van der Waals surface area (Å²) < 4.78 is 0. The Labute approximate surface area is 88.1 Å². The van der Waals surface area contributed by atoms with Gasteiger partial charge in [0.2, 0.25) is 0 Å². The minimum Gasteiger partial charge on any atom is -0.320 e. The quantitative estimate of drug-likeness (QED) is 0.741. The number of rotatable bonds is 3. The minimum atomic E-state index is 0.936. The molecule has 0 aliphatic carbocycles. The number of hydrogen-bond donors (Lipinski definition) is 1. The molecule has 82 valence electrons. The molecule has 2 aliphatic heterocycles. The van der Waals surface area contributed by atoms with Crippen LogP contribution in [0.1, 0.15) is 38.5 Å². The molecule has 2 heterocycles. The smallest absolute Gasteiger partial charge is 0.0124 e. The molecule has 2 aliphatic rings. The Kier molecular flexibility index (Phi) is 3.82. The highest BCUT2D eigenvalue weighted by atomic mass is 15.2. The molecule has 2 heteroatoms. The molecule has 0 spiro atoms. The van der Waals surface area contributed by atoms with Crippen molar-refractivity contribution in [3.05, 3.63) is 0 Å². The minimum absolute atomic E-state index is 0.936. The lowest BCUT2D eigenvalue weighted by Gasteiger charge is -2.44. The van der Waals surface area contributed by atoms with Gasteiger partial charge in [0.05, 0.1) is 0 Å². The zero-order valence-electron chi connectivity index (χ0n) is 9.47. The predicted octanol–water partition coefficient (Wildman–Crippen LogP) is 1.86. The third kappa shape index (κ3) is 2.29. The second kappa shape index (κ2) is 5.13. The number of piperidine rings is 2. The maximum absolute atomic E-state index is 3.29. The van der Waals surface area contributed by atoms with Crippen molar-refractivity contribution >= 4 is 0 Å². The zero-order valence-corrected chi connectivity index (χ0v) is 9.47. The van der Waals surface area contributed by atoms with Crippen LogP contribution in [0.25, 0.3) is 0 Å². The Bertz CT molecular complexity index is 168. The highest BCUT2D eigenvalue weighted by Gasteiger charge is 2.32. The van der Waals surface area contributed by atoms with E-state index in [1.165, 1.54) is 58.2 Å². The van der Waals surface area contributed by atoms with Crippen molar-refractivity contribution in [1.82, 2.24) is 10.2 Å². The summed E-state index contributed by atoms with van der Waals surface area (Å²) in [6.07, 6.45) is 8.67. The van der Waals surface area contributed by atoms with Gasteiger partial charge in [-0.25, -0.2) is 0 Å². The fourth-order valence-corrected chi connectivity index (χ4v) is 3.24. The molecule has 0 aromatic rings. The fourth-order valence-electron chi connectivity index (χ4n) is 3.24. The first-order chi connectivity index (χ1) is 6.92. The van der Waals surface area contributed by atoms with E-state index >= 15 is 0 Å². The van der Waals surface area contributed by atoms with Gasteiger partial charge in [-0.3, -0.25) is 0 Å². The van der Waals surface area contributed by atoms with Crippen LogP contribution in [0.2, 0.25) is 0 Å². The molecule has 0 amide bonds. The Morgan fingerprint density at radius 1 is 1.14 bits per heavy atom. The lowest BCUT2D eigenvalue weighted by molar-refractivity contribution is 0.0561. The Balaban J connectivity index is 1.88. The van der Waals surface area contributed by atoms with Crippen LogP contribution in [0.15, 0.2) is 0 Å². The summed E-state index contributed by atoms with van der Waals surface area (Å²) in [5.41, 5.74) is 0. The summed E-state index contributed by atoms with van der Waals surface area (Å²) in [6.45, 7) is 3.95. The van der Waals surface area contributed by atoms with E-state index < -0.39 is 0 Å². The molecule has 2 saturated heterocycles. The number of nitrogens with zero attached hydrogens (tertiary/aromatic N) is 1. The largest absolute Gasteiger partial charge is 0.320 e. The first-order valence-corrected chi connectivity index (χ1v) is 6.30. The van der Waals surface area contributed by atoms with Crippen LogP contribution in [0, 0.1) is 5.92 Å². The van der Waals surface area contributed by atoms with Crippen molar-refractivity contribution in [1.29, 1.82) is 0 Å². The lowest BCUT2D eigenvalue weighted by atomic mass is 9.82. The molecule has 0 saturated carbocycles. The van der Waals surface area contributed by atoms with Crippen molar-refractivity contribution in [3.63, 3.8) is 0 Å². The highest BCUT2D eigenvalue weighted by Crippen LogP contribution is 2.32. The SMILES string of the molecule is CNCCC1CCCN2CCCCC12. The van der Waals surface area contributed by atoms with E-state index in [1.54, 1.807) is 0 Å². The van der Waals surface area contributed by atoms with Gasteiger partial charge in [0, 0.05) is 6.04 Å². The van der Waals surface area contributed by atoms with Gasteiger partial charge in [-0.05, 0) is 64.7 Å². The molecule has 1 N–H and O–H groups in total. The van der Waals surface area contributed by atoms with Gasteiger partial charge >= 0.3 is 0 Å². The molecule has 0 aromatic heterocycles. The average molecular weight is 196 g/mol. The summed E-state index contributed by atoms with van der Waals surface area (Å²) in [4.78, 5) is 2.76. The van der Waals surface area contributed by atoms with E-state index in [1.807, 2.05) is 0 Å². The van der Waals surface area contributed by atoms with Crippen LogP contribution < -0.4 is 5.32 Å². The van der Waals surface area contributed by atoms with Crippen molar-refractivity contribution < 1.29 is 0 Å². The lowest BCUT2D eigenvalue weighted by Crippen LogP contribution is -2.48. The third-order valence-electron chi connectivity index (χ3n) is 3.99. The molecule has 2 nitrogen and oxygen atoms in total. The van der Waals surface area contributed by atoms with Crippen LogP contribution >= 0.6 is 0 Å². The van der Waals surface area contributed by atoms with Crippen molar-refractivity contribution in [2.75, 3.05) is 26.7 Å². The second-order valence-corrected chi connectivity index (χ2v) is 4.89. The van der Waals surface area contributed by atoms with Crippen LogP contribution in [0.5, 0.6) is 0 Å². The Morgan fingerprint density at radius 2 is 2.00 bits per heavy atom. The topological polar surface area (TPSA) is 15.3 Å². The van der Waals surface area contributed by atoms with Crippen LogP contribution in [-0.2, 0) is 0 Å². The standard InChI is InChI=1S/C12H24N2/c1-13-8-7-11-5-4-10-14-9-3-2-6-12(11)14/h11-13H,2-10H2,1H3. The van der Waals surface area contributed by atoms with E-state index in [4.69, 9.17) is 0 Å². The summed E-state index contributed by atoms with van der Waals surface area (Å²) in [6, 6.07) is 0.936. The summed E-state index contributed by atoms with van der Waals surface area (Å²) in [5.74, 6) is 0.983. The first kappa shape index (κ1) is 10.4. The van der Waals surface area contributed by atoms with Crippen molar-refractivity contribution in [2.24, 2.45) is 5.92 Å². The second-order valence-electron chi connectivity index (χ2n) is 4.89. The van der Waals surface area contributed by atoms with E-state index in [2.05, 4.69) is 17.3 Å². The van der Waals surface area contributed by atoms with Crippen molar-refractivity contribution in [2.45, 2.75) is 44.6 Å². The van der Waals surface area contributed by atoms with Gasteiger partial charge in [-0.15, -0.1) is 0 Å². The molecule has 2 fully saturated rings. The molecular formula is C12H24N2. The maximum atomic E-state index is 3.29. The molecule has 14 heavy (non-hydrogen) atoms. The first-order valence-electron chi connectivity index (χ1n) is 6.30. The third-order valence-corrected chi connectivity index (χ3v) is 3.99. The summed E-state index contributed by atoms with van der Waals surface area (Å²) in [5, 5.41) is 3.29. The van der Waals surface area contributed by atoms with Crippen LogP contribution in [-0.4, -0.2) is 37.6 Å². The molecular weight excluding hydrogens is 172 g/mol.